The number of ether oxygens (including phenoxy) is 1. The maximum absolute atomic E-state index is 6.29. The molecule has 0 aromatic heterocycles. The van der Waals surface area contributed by atoms with E-state index < -0.39 is 0 Å². The van der Waals surface area contributed by atoms with Crippen LogP contribution in [0.1, 0.15) is 43.5 Å². The van der Waals surface area contributed by atoms with Gasteiger partial charge in [-0.25, -0.2) is 0 Å². The number of hydrogen-bond donors (Lipinski definition) is 1. The molecule has 0 radical (unpaired) electrons. The van der Waals surface area contributed by atoms with Crippen LogP contribution in [0.4, 0.5) is 0 Å². The third-order valence-electron chi connectivity index (χ3n) is 3.05. The summed E-state index contributed by atoms with van der Waals surface area (Å²) >= 11 is 0. The molecule has 1 unspecified atom stereocenters. The highest BCUT2D eigenvalue weighted by Crippen LogP contribution is 2.34. The smallest absolute Gasteiger partial charge is 0.122 e. The van der Waals surface area contributed by atoms with Crippen LogP contribution >= 0.6 is 0 Å². The summed E-state index contributed by atoms with van der Waals surface area (Å²) < 4.78 is 5.31. The number of methoxy groups -OCH3 is 1. The van der Waals surface area contributed by atoms with E-state index in [1.807, 2.05) is 0 Å². The summed E-state index contributed by atoms with van der Waals surface area (Å²) in [6.45, 7) is 10.6. The lowest BCUT2D eigenvalue weighted by Gasteiger charge is -2.29. The van der Waals surface area contributed by atoms with Crippen molar-refractivity contribution in [3.05, 3.63) is 28.8 Å². The minimum atomic E-state index is 0.0529. The maximum Gasteiger partial charge on any atom is 0.122 e. The van der Waals surface area contributed by atoms with E-state index in [1.54, 1.807) is 7.11 Å². The molecular formula is C14H23NO. The van der Waals surface area contributed by atoms with Gasteiger partial charge in [-0.1, -0.05) is 26.8 Å². The van der Waals surface area contributed by atoms with Crippen molar-refractivity contribution in [1.82, 2.24) is 0 Å². The number of rotatable bonds is 2. The number of nitrogens with two attached hydrogens (primary N) is 1. The van der Waals surface area contributed by atoms with Crippen LogP contribution in [-0.2, 0) is 0 Å². The van der Waals surface area contributed by atoms with E-state index in [0.29, 0.717) is 0 Å². The summed E-state index contributed by atoms with van der Waals surface area (Å²) in [7, 11) is 1.70. The third kappa shape index (κ3) is 2.56. The van der Waals surface area contributed by atoms with Crippen molar-refractivity contribution < 1.29 is 4.74 Å². The van der Waals surface area contributed by atoms with Crippen molar-refractivity contribution in [3.8, 4) is 5.75 Å². The van der Waals surface area contributed by atoms with E-state index in [1.165, 1.54) is 11.1 Å². The minimum absolute atomic E-state index is 0.0529. The van der Waals surface area contributed by atoms with Gasteiger partial charge in [0.1, 0.15) is 5.75 Å². The fourth-order valence-electron chi connectivity index (χ4n) is 1.83. The van der Waals surface area contributed by atoms with Gasteiger partial charge in [-0.3, -0.25) is 0 Å². The molecule has 0 heterocycles. The van der Waals surface area contributed by atoms with Crippen molar-refractivity contribution in [2.75, 3.05) is 7.11 Å². The second kappa shape index (κ2) is 4.46. The summed E-state index contributed by atoms with van der Waals surface area (Å²) in [5.41, 5.74) is 9.92. The highest BCUT2D eigenvalue weighted by Gasteiger charge is 2.24. The highest BCUT2D eigenvalue weighted by molar-refractivity contribution is 5.43. The van der Waals surface area contributed by atoms with Crippen LogP contribution in [0.25, 0.3) is 0 Å². The van der Waals surface area contributed by atoms with E-state index in [2.05, 4.69) is 46.8 Å². The molecule has 1 rings (SSSR count). The van der Waals surface area contributed by atoms with Gasteiger partial charge in [0.15, 0.2) is 0 Å². The van der Waals surface area contributed by atoms with E-state index in [9.17, 15) is 0 Å². The first-order chi connectivity index (χ1) is 7.27. The molecule has 0 spiro atoms. The Hall–Kier alpha value is -1.02. The standard InChI is InChI=1S/C14H23NO/c1-9-8-12(16-6)10(2)7-11(9)13(15)14(3,4)5/h7-8,13H,15H2,1-6H3. The van der Waals surface area contributed by atoms with E-state index in [4.69, 9.17) is 10.5 Å². The van der Waals surface area contributed by atoms with Crippen LogP contribution in [0.15, 0.2) is 12.1 Å². The monoisotopic (exact) mass is 221 g/mol. The Balaban J connectivity index is 3.21. The number of hydrogen-bond acceptors (Lipinski definition) is 2. The van der Waals surface area contributed by atoms with E-state index in [0.717, 1.165) is 11.3 Å². The lowest BCUT2D eigenvalue weighted by molar-refractivity contribution is 0.325. The third-order valence-corrected chi connectivity index (χ3v) is 3.05. The minimum Gasteiger partial charge on any atom is -0.496 e. The summed E-state index contributed by atoms with van der Waals surface area (Å²) in [5.74, 6) is 0.933. The molecule has 1 aromatic carbocycles. The Morgan fingerprint density at radius 2 is 1.69 bits per heavy atom. The molecule has 1 aromatic rings. The summed E-state index contributed by atoms with van der Waals surface area (Å²) in [5, 5.41) is 0. The second-order valence-corrected chi connectivity index (χ2v) is 5.52. The maximum atomic E-state index is 6.29. The molecule has 2 nitrogen and oxygen atoms in total. The van der Waals surface area contributed by atoms with Gasteiger partial charge < -0.3 is 10.5 Å². The van der Waals surface area contributed by atoms with Gasteiger partial charge in [-0.2, -0.15) is 0 Å². The average molecular weight is 221 g/mol. The van der Waals surface area contributed by atoms with Gasteiger partial charge in [0, 0.05) is 6.04 Å². The molecule has 16 heavy (non-hydrogen) atoms. The molecule has 90 valence electrons. The fraction of sp³-hybridized carbons (Fsp3) is 0.571. The largest absolute Gasteiger partial charge is 0.496 e. The molecule has 0 bridgehead atoms. The van der Waals surface area contributed by atoms with Gasteiger partial charge in [0.2, 0.25) is 0 Å². The number of benzene rings is 1. The first-order valence-electron chi connectivity index (χ1n) is 5.68. The fourth-order valence-corrected chi connectivity index (χ4v) is 1.83. The zero-order valence-corrected chi connectivity index (χ0v) is 11.2. The molecule has 0 saturated carbocycles. The van der Waals surface area contributed by atoms with Gasteiger partial charge in [-0.15, -0.1) is 0 Å². The van der Waals surface area contributed by atoms with Crippen molar-refractivity contribution in [1.29, 1.82) is 0 Å². The Morgan fingerprint density at radius 3 is 2.12 bits per heavy atom. The molecule has 0 saturated heterocycles. The first kappa shape index (κ1) is 13.0. The lowest BCUT2D eigenvalue weighted by Crippen LogP contribution is -2.27. The van der Waals surface area contributed by atoms with E-state index >= 15 is 0 Å². The predicted octanol–water partition coefficient (Wildman–Crippen LogP) is 3.36. The Morgan fingerprint density at radius 1 is 1.12 bits per heavy atom. The summed E-state index contributed by atoms with van der Waals surface area (Å²) in [4.78, 5) is 0. The van der Waals surface area contributed by atoms with Crippen LogP contribution in [0, 0.1) is 19.3 Å². The van der Waals surface area contributed by atoms with Crippen molar-refractivity contribution in [2.45, 2.75) is 40.7 Å². The van der Waals surface area contributed by atoms with Gasteiger partial charge >= 0.3 is 0 Å². The molecule has 2 heteroatoms. The second-order valence-electron chi connectivity index (χ2n) is 5.52. The van der Waals surface area contributed by atoms with E-state index in [-0.39, 0.29) is 11.5 Å². The Kier molecular flexibility index (Phi) is 3.64. The zero-order chi connectivity index (χ0) is 12.5. The van der Waals surface area contributed by atoms with Crippen molar-refractivity contribution in [3.63, 3.8) is 0 Å². The highest BCUT2D eigenvalue weighted by atomic mass is 16.5. The average Bonchev–Trinajstić information content (AvgIpc) is 2.18. The molecule has 0 fully saturated rings. The normalized spacial score (nSPS) is 13.7. The first-order valence-corrected chi connectivity index (χ1v) is 5.68. The molecule has 2 N–H and O–H groups in total. The number of aryl methyl sites for hydroxylation is 2. The van der Waals surface area contributed by atoms with Gasteiger partial charge in [0.05, 0.1) is 7.11 Å². The van der Waals surface area contributed by atoms with Crippen LogP contribution in [0.5, 0.6) is 5.75 Å². The summed E-state index contributed by atoms with van der Waals surface area (Å²) in [6.07, 6.45) is 0. The van der Waals surface area contributed by atoms with Crippen molar-refractivity contribution >= 4 is 0 Å². The SMILES string of the molecule is COc1cc(C)c(C(N)C(C)(C)C)cc1C. The van der Waals surface area contributed by atoms with Crippen LogP contribution in [0.2, 0.25) is 0 Å². The molecular weight excluding hydrogens is 198 g/mol. The molecule has 0 amide bonds. The van der Waals surface area contributed by atoms with Gasteiger partial charge in [0.25, 0.3) is 0 Å². The molecule has 1 atom stereocenters. The van der Waals surface area contributed by atoms with Crippen LogP contribution in [0.3, 0.4) is 0 Å². The Bertz CT molecular complexity index is 377. The quantitative estimate of drug-likeness (QED) is 0.831. The van der Waals surface area contributed by atoms with Crippen molar-refractivity contribution in [2.24, 2.45) is 11.1 Å². The molecule has 0 aliphatic rings. The lowest BCUT2D eigenvalue weighted by atomic mass is 9.81. The van der Waals surface area contributed by atoms with Gasteiger partial charge in [-0.05, 0) is 42.0 Å². The predicted molar refractivity (Wildman–Crippen MR) is 68.9 cm³/mol. The topological polar surface area (TPSA) is 35.2 Å². The summed E-state index contributed by atoms with van der Waals surface area (Å²) in [6, 6.07) is 4.26. The molecule has 0 aliphatic carbocycles. The molecule has 0 aliphatic heterocycles. The Labute approximate surface area is 98.8 Å². The zero-order valence-electron chi connectivity index (χ0n) is 11.2. The van der Waals surface area contributed by atoms with Crippen LogP contribution in [-0.4, -0.2) is 7.11 Å². The van der Waals surface area contributed by atoms with Crippen LogP contribution < -0.4 is 10.5 Å².